The fourth-order valence-corrected chi connectivity index (χ4v) is 3.22. The van der Waals surface area contributed by atoms with Crippen LogP contribution in [-0.4, -0.2) is 58.6 Å². The molecule has 1 N–H and O–H groups in total. The van der Waals surface area contributed by atoms with E-state index in [-0.39, 0.29) is 48.3 Å². The summed E-state index contributed by atoms with van der Waals surface area (Å²) in [4.78, 5) is 23.7. The maximum absolute atomic E-state index is 12.8. The van der Waals surface area contributed by atoms with Crippen LogP contribution in [0, 0.1) is 10.1 Å². The number of hydrogen-bond acceptors (Lipinski definition) is 10. The van der Waals surface area contributed by atoms with Gasteiger partial charge >= 0.3 is 5.97 Å². The number of ether oxygens (including phenoxy) is 4. The van der Waals surface area contributed by atoms with Crippen LogP contribution in [0.3, 0.4) is 0 Å². The Labute approximate surface area is 194 Å². The van der Waals surface area contributed by atoms with Crippen molar-refractivity contribution in [1.29, 1.82) is 0 Å². The molecule has 0 saturated heterocycles. The maximum atomic E-state index is 12.8. The first-order chi connectivity index (χ1) is 16.4. The normalized spacial score (nSPS) is 11.6. The summed E-state index contributed by atoms with van der Waals surface area (Å²) in [6, 6.07) is 10.9. The van der Waals surface area contributed by atoms with Crippen molar-refractivity contribution >= 4 is 11.7 Å². The molecule has 1 unspecified atom stereocenters. The van der Waals surface area contributed by atoms with Crippen LogP contribution in [0.1, 0.15) is 40.3 Å². The van der Waals surface area contributed by atoms with Crippen molar-refractivity contribution in [2.75, 3.05) is 27.6 Å². The molecule has 0 radical (unpaired) electrons. The average Bonchev–Trinajstić information content (AvgIpc) is 3.26. The van der Waals surface area contributed by atoms with Gasteiger partial charge in [-0.1, -0.05) is 17.3 Å². The van der Waals surface area contributed by atoms with Gasteiger partial charge in [0.05, 0.1) is 30.7 Å². The molecule has 0 saturated carbocycles. The topological polar surface area (TPSA) is 148 Å². The molecule has 0 fully saturated rings. The van der Waals surface area contributed by atoms with Gasteiger partial charge in [-0.2, -0.15) is 0 Å². The Morgan fingerprint density at radius 2 is 1.88 bits per heavy atom. The summed E-state index contributed by atoms with van der Waals surface area (Å²) in [6.07, 6.45) is -1.66. The number of nitrogens with zero attached hydrogens (tertiary/aromatic N) is 4. The van der Waals surface area contributed by atoms with Crippen molar-refractivity contribution in [3.05, 3.63) is 75.1 Å². The van der Waals surface area contributed by atoms with Crippen molar-refractivity contribution in [3.8, 4) is 11.5 Å². The van der Waals surface area contributed by atoms with Crippen molar-refractivity contribution in [3.63, 3.8) is 0 Å². The smallest absolute Gasteiger partial charge is 0.358 e. The van der Waals surface area contributed by atoms with E-state index in [2.05, 4.69) is 10.3 Å². The molecule has 2 aromatic carbocycles. The number of nitro groups is 1. The lowest BCUT2D eigenvalue weighted by Gasteiger charge is -2.13. The number of hydrogen-bond donors (Lipinski definition) is 1. The molecule has 0 aliphatic heterocycles. The highest BCUT2D eigenvalue weighted by atomic mass is 16.7. The zero-order chi connectivity index (χ0) is 24.7. The van der Waals surface area contributed by atoms with Crippen LogP contribution in [0.4, 0.5) is 5.69 Å². The van der Waals surface area contributed by atoms with E-state index in [1.54, 1.807) is 38.3 Å². The second-order valence-electron chi connectivity index (χ2n) is 6.98. The minimum Gasteiger partial charge on any atom is -0.497 e. The SMILES string of the molecule is CCOC(=O)c1c(C(O)c2cc(OCOC)ccc2[N+](=O)[O-])nnn1Cc1ccc(OC)cc1. The van der Waals surface area contributed by atoms with Crippen LogP contribution in [0.15, 0.2) is 42.5 Å². The number of methoxy groups -OCH3 is 2. The van der Waals surface area contributed by atoms with E-state index in [1.807, 2.05) is 0 Å². The zero-order valence-electron chi connectivity index (χ0n) is 18.8. The summed E-state index contributed by atoms with van der Waals surface area (Å²) < 4.78 is 21.7. The van der Waals surface area contributed by atoms with E-state index in [9.17, 15) is 20.0 Å². The molecule has 0 amide bonds. The van der Waals surface area contributed by atoms with Gasteiger partial charge in [0.1, 0.15) is 23.3 Å². The van der Waals surface area contributed by atoms with E-state index in [0.29, 0.717) is 5.75 Å². The molecule has 1 atom stereocenters. The number of benzene rings is 2. The van der Waals surface area contributed by atoms with Gasteiger partial charge in [0.15, 0.2) is 12.5 Å². The standard InChI is InChI=1S/C22H24N4O8/c1-4-33-22(28)20-19(23-24-25(20)12-14-5-7-15(32-3)8-6-14)21(27)17-11-16(34-13-31-2)9-10-18(17)26(29)30/h5-11,21,27H,4,12-13H2,1-3H3. The molecule has 12 heteroatoms. The third kappa shape index (κ3) is 5.47. The largest absolute Gasteiger partial charge is 0.497 e. The fourth-order valence-electron chi connectivity index (χ4n) is 3.22. The van der Waals surface area contributed by atoms with Crippen molar-refractivity contribution in [2.24, 2.45) is 0 Å². The van der Waals surface area contributed by atoms with Gasteiger partial charge in [0.25, 0.3) is 5.69 Å². The highest BCUT2D eigenvalue weighted by molar-refractivity contribution is 5.89. The Bertz CT molecular complexity index is 1150. The van der Waals surface area contributed by atoms with Crippen LogP contribution in [0.5, 0.6) is 11.5 Å². The maximum Gasteiger partial charge on any atom is 0.358 e. The predicted molar refractivity (Wildman–Crippen MR) is 118 cm³/mol. The lowest BCUT2D eigenvalue weighted by atomic mass is 10.0. The van der Waals surface area contributed by atoms with E-state index in [4.69, 9.17) is 18.9 Å². The molecule has 0 aliphatic rings. The monoisotopic (exact) mass is 472 g/mol. The van der Waals surface area contributed by atoms with Crippen LogP contribution >= 0.6 is 0 Å². The zero-order valence-corrected chi connectivity index (χ0v) is 18.8. The van der Waals surface area contributed by atoms with Crippen molar-refractivity contribution in [1.82, 2.24) is 15.0 Å². The number of aromatic nitrogens is 3. The third-order valence-corrected chi connectivity index (χ3v) is 4.81. The number of aliphatic hydroxyl groups is 1. The third-order valence-electron chi connectivity index (χ3n) is 4.81. The first-order valence-corrected chi connectivity index (χ1v) is 10.2. The summed E-state index contributed by atoms with van der Waals surface area (Å²) in [5.74, 6) is 0.112. The van der Waals surface area contributed by atoms with Gasteiger partial charge in [-0.3, -0.25) is 10.1 Å². The van der Waals surface area contributed by atoms with Crippen LogP contribution in [0.25, 0.3) is 0 Å². The number of rotatable bonds is 11. The molecule has 0 bridgehead atoms. The van der Waals surface area contributed by atoms with E-state index in [1.165, 1.54) is 30.0 Å². The molecule has 1 aromatic heterocycles. The fraction of sp³-hybridized carbons (Fsp3) is 0.318. The Kier molecular flexibility index (Phi) is 8.11. The molecule has 3 rings (SSSR count). The quantitative estimate of drug-likeness (QED) is 0.191. The summed E-state index contributed by atoms with van der Waals surface area (Å²) in [6.45, 7) is 1.74. The van der Waals surface area contributed by atoms with Crippen molar-refractivity contribution in [2.45, 2.75) is 19.6 Å². The molecule has 1 heterocycles. The van der Waals surface area contributed by atoms with Gasteiger partial charge < -0.3 is 24.1 Å². The molecular formula is C22H24N4O8. The molecule has 12 nitrogen and oxygen atoms in total. The first kappa shape index (κ1) is 24.6. The number of nitro benzene ring substituents is 1. The average molecular weight is 472 g/mol. The molecule has 0 spiro atoms. The Hall–Kier alpha value is -4.03. The summed E-state index contributed by atoms with van der Waals surface area (Å²) in [5, 5.41) is 30.6. The summed E-state index contributed by atoms with van der Waals surface area (Å²) in [7, 11) is 2.97. The second kappa shape index (κ2) is 11.2. The lowest BCUT2D eigenvalue weighted by molar-refractivity contribution is -0.386. The van der Waals surface area contributed by atoms with Gasteiger partial charge in [0.2, 0.25) is 0 Å². The number of esters is 1. The van der Waals surface area contributed by atoms with E-state index >= 15 is 0 Å². The molecular weight excluding hydrogens is 448 g/mol. The van der Waals surface area contributed by atoms with Gasteiger partial charge in [-0.05, 0) is 36.8 Å². The van der Waals surface area contributed by atoms with Gasteiger partial charge in [-0.15, -0.1) is 5.10 Å². The number of carbonyl (C=O) groups is 1. The highest BCUT2D eigenvalue weighted by Gasteiger charge is 2.32. The minimum atomic E-state index is -1.66. The predicted octanol–water partition coefficient (Wildman–Crippen LogP) is 2.48. The summed E-state index contributed by atoms with van der Waals surface area (Å²) in [5.41, 5.74) is -0.0303. The second-order valence-corrected chi connectivity index (χ2v) is 6.98. The Morgan fingerprint density at radius 1 is 1.18 bits per heavy atom. The lowest BCUT2D eigenvalue weighted by Crippen LogP contribution is -2.17. The minimum absolute atomic E-state index is 0.0720. The van der Waals surface area contributed by atoms with Crippen LogP contribution in [0.2, 0.25) is 0 Å². The molecule has 0 aliphatic carbocycles. The summed E-state index contributed by atoms with van der Waals surface area (Å²) >= 11 is 0. The van der Waals surface area contributed by atoms with Crippen LogP contribution in [-0.2, 0) is 16.0 Å². The van der Waals surface area contributed by atoms with Crippen LogP contribution < -0.4 is 9.47 Å². The Balaban J connectivity index is 2.04. The highest BCUT2D eigenvalue weighted by Crippen LogP contribution is 2.34. The number of aliphatic hydroxyl groups excluding tert-OH is 1. The molecule has 3 aromatic rings. The van der Waals surface area contributed by atoms with Gasteiger partial charge in [-0.25, -0.2) is 9.48 Å². The van der Waals surface area contributed by atoms with Gasteiger partial charge in [0, 0.05) is 13.2 Å². The Morgan fingerprint density at radius 3 is 2.50 bits per heavy atom. The first-order valence-electron chi connectivity index (χ1n) is 10.2. The van der Waals surface area contributed by atoms with Crippen molar-refractivity contribution < 1.29 is 33.8 Å². The molecule has 34 heavy (non-hydrogen) atoms. The van der Waals surface area contributed by atoms with E-state index < -0.39 is 17.0 Å². The number of carbonyl (C=O) groups excluding carboxylic acids is 1. The molecule has 180 valence electrons. The van der Waals surface area contributed by atoms with E-state index in [0.717, 1.165) is 5.56 Å².